The molecule has 0 aromatic carbocycles. The lowest BCUT2D eigenvalue weighted by Gasteiger charge is -2.33. The van der Waals surface area contributed by atoms with Crippen LogP contribution in [0.3, 0.4) is 0 Å². The van der Waals surface area contributed by atoms with Crippen molar-refractivity contribution in [1.29, 1.82) is 0 Å². The van der Waals surface area contributed by atoms with Gasteiger partial charge in [-0.05, 0) is 48.0 Å². The third-order valence-corrected chi connectivity index (χ3v) is 7.32. The number of carbonyl (C=O) groups is 1. The van der Waals surface area contributed by atoms with Crippen molar-refractivity contribution in [2.45, 2.75) is 98.0 Å². The lowest BCUT2D eigenvalue weighted by Crippen LogP contribution is -2.47. The van der Waals surface area contributed by atoms with Gasteiger partial charge in [0.1, 0.15) is 29.8 Å². The Hall–Kier alpha value is -2.15. The number of fused-ring (bicyclic) bond motifs is 1. The Bertz CT molecular complexity index is 1060. The van der Waals surface area contributed by atoms with Crippen LogP contribution in [0.1, 0.15) is 61.3 Å². The zero-order chi connectivity index (χ0) is 27.8. The van der Waals surface area contributed by atoms with Crippen LogP contribution in [-0.2, 0) is 34.6 Å². The van der Waals surface area contributed by atoms with Crippen LogP contribution < -0.4 is 10.8 Å². The molecule has 0 saturated carbocycles. The maximum absolute atomic E-state index is 13.9. The standard InChI is InChI=1S/C23H41N6O7P/c1-8-9-10-33-22(31)23(6,7)28-37(32,36-17(5)21(30)35-15(2)3)14-34-16(4)11-29-13-27-18-19(24)25-12-26-20(18)29/h12-13,15-17,21,30H,8-11,14H2,1-7H3,(H,28,32)(H2,24,25,26)/t16-,17-,21?,37+/m1/s1. The molecular weight excluding hydrogens is 503 g/mol. The lowest BCUT2D eigenvalue weighted by atomic mass is 10.1. The normalized spacial score (nSPS) is 16.5. The summed E-state index contributed by atoms with van der Waals surface area (Å²) < 4.78 is 38.0. The van der Waals surface area contributed by atoms with Gasteiger partial charge in [-0.3, -0.25) is 9.36 Å². The molecule has 2 aromatic rings. The van der Waals surface area contributed by atoms with Gasteiger partial charge in [0.05, 0.1) is 31.7 Å². The van der Waals surface area contributed by atoms with Crippen molar-refractivity contribution in [2.24, 2.45) is 0 Å². The molecule has 2 heterocycles. The zero-order valence-electron chi connectivity index (χ0n) is 22.7. The Morgan fingerprint density at radius 2 is 1.95 bits per heavy atom. The van der Waals surface area contributed by atoms with E-state index in [1.165, 1.54) is 13.3 Å². The number of hydrogen-bond acceptors (Lipinski definition) is 11. The Kier molecular flexibility index (Phi) is 11.4. The molecule has 210 valence electrons. The topological polar surface area (TPSA) is 173 Å². The third-order valence-electron chi connectivity index (χ3n) is 5.25. The fraction of sp³-hybridized carbons (Fsp3) is 0.739. The van der Waals surface area contributed by atoms with Crippen molar-refractivity contribution in [2.75, 3.05) is 18.7 Å². The number of esters is 1. The molecule has 1 unspecified atom stereocenters. The van der Waals surface area contributed by atoms with Crippen molar-refractivity contribution in [1.82, 2.24) is 24.6 Å². The summed E-state index contributed by atoms with van der Waals surface area (Å²) in [7, 11) is -3.87. The average Bonchev–Trinajstić information content (AvgIpc) is 3.21. The number of nitrogens with two attached hydrogens (primary N) is 1. The van der Waals surface area contributed by atoms with Crippen LogP contribution >= 0.6 is 7.52 Å². The Balaban J connectivity index is 2.15. The van der Waals surface area contributed by atoms with Crippen molar-refractivity contribution in [3.8, 4) is 0 Å². The molecule has 0 spiro atoms. The number of aliphatic hydroxyl groups is 1. The first-order valence-electron chi connectivity index (χ1n) is 12.4. The van der Waals surface area contributed by atoms with Gasteiger partial charge in [0.2, 0.25) is 0 Å². The molecule has 0 saturated heterocycles. The molecule has 0 bridgehead atoms. The summed E-state index contributed by atoms with van der Waals surface area (Å²) in [5.74, 6) is -0.310. The van der Waals surface area contributed by atoms with Crippen molar-refractivity contribution >= 4 is 30.5 Å². The second-order valence-electron chi connectivity index (χ2n) is 9.72. The van der Waals surface area contributed by atoms with E-state index in [0.717, 1.165) is 6.42 Å². The highest BCUT2D eigenvalue weighted by Gasteiger charge is 2.40. The number of nitrogens with one attached hydrogen (secondary N) is 1. The minimum Gasteiger partial charge on any atom is -0.464 e. The van der Waals surface area contributed by atoms with Crippen LogP contribution in [0.25, 0.3) is 11.2 Å². The molecule has 0 aliphatic rings. The number of hydrogen-bond donors (Lipinski definition) is 3. The van der Waals surface area contributed by atoms with Crippen molar-refractivity contribution in [3.63, 3.8) is 0 Å². The van der Waals surface area contributed by atoms with E-state index in [-0.39, 0.29) is 24.9 Å². The minimum absolute atomic E-state index is 0.253. The molecule has 37 heavy (non-hydrogen) atoms. The predicted octanol–water partition coefficient (Wildman–Crippen LogP) is 2.82. The van der Waals surface area contributed by atoms with E-state index in [0.29, 0.717) is 24.1 Å². The number of anilines is 1. The van der Waals surface area contributed by atoms with Crippen LogP contribution in [0.2, 0.25) is 0 Å². The number of aromatic nitrogens is 4. The van der Waals surface area contributed by atoms with Crippen LogP contribution in [0.15, 0.2) is 12.7 Å². The number of nitrogens with zero attached hydrogens (tertiary/aromatic N) is 4. The SMILES string of the molecule is CCCCOC(=O)C(C)(C)N[P@](=O)(CO[C@H](C)Cn1cnc2c(N)ncnc21)O[C@H](C)C(O)OC(C)C. The maximum Gasteiger partial charge on any atom is 0.326 e. The monoisotopic (exact) mass is 544 g/mol. The summed E-state index contributed by atoms with van der Waals surface area (Å²) in [5.41, 5.74) is 5.51. The highest BCUT2D eigenvalue weighted by molar-refractivity contribution is 7.56. The molecule has 0 radical (unpaired) electrons. The summed E-state index contributed by atoms with van der Waals surface area (Å²) in [4.78, 5) is 25.1. The van der Waals surface area contributed by atoms with E-state index in [2.05, 4.69) is 20.0 Å². The summed E-state index contributed by atoms with van der Waals surface area (Å²) >= 11 is 0. The molecule has 0 fully saturated rings. The van der Waals surface area contributed by atoms with Gasteiger partial charge >= 0.3 is 5.97 Å². The first-order valence-corrected chi connectivity index (χ1v) is 14.2. The maximum atomic E-state index is 13.9. The number of nitrogen functional groups attached to an aromatic ring is 1. The number of aliphatic hydroxyl groups excluding tert-OH is 1. The number of ether oxygens (including phenoxy) is 3. The highest BCUT2D eigenvalue weighted by Crippen LogP contribution is 2.47. The summed E-state index contributed by atoms with van der Waals surface area (Å²) in [6.07, 6.45) is 1.05. The first kappa shape index (κ1) is 31.1. The summed E-state index contributed by atoms with van der Waals surface area (Å²) in [6, 6.07) is 0. The molecule has 2 aromatic heterocycles. The van der Waals surface area contributed by atoms with Gasteiger partial charge in [0.25, 0.3) is 7.52 Å². The third kappa shape index (κ3) is 9.27. The van der Waals surface area contributed by atoms with Crippen molar-refractivity contribution < 1.29 is 33.2 Å². The lowest BCUT2D eigenvalue weighted by molar-refractivity contribution is -0.169. The van der Waals surface area contributed by atoms with E-state index in [1.54, 1.807) is 45.5 Å². The second kappa shape index (κ2) is 13.6. The van der Waals surface area contributed by atoms with Gasteiger partial charge < -0.3 is 34.1 Å². The number of carbonyl (C=O) groups excluding carboxylic acids is 1. The predicted molar refractivity (Wildman–Crippen MR) is 139 cm³/mol. The fourth-order valence-corrected chi connectivity index (χ4v) is 5.56. The smallest absolute Gasteiger partial charge is 0.326 e. The van der Waals surface area contributed by atoms with Crippen LogP contribution in [0.4, 0.5) is 5.82 Å². The Labute approximate surface area is 217 Å². The van der Waals surface area contributed by atoms with Gasteiger partial charge in [-0.15, -0.1) is 0 Å². The van der Waals surface area contributed by atoms with Gasteiger partial charge in [0, 0.05) is 0 Å². The molecule has 0 amide bonds. The quantitative estimate of drug-likeness (QED) is 0.122. The van der Waals surface area contributed by atoms with Gasteiger partial charge in [-0.1, -0.05) is 13.3 Å². The molecule has 13 nitrogen and oxygen atoms in total. The molecule has 2 rings (SSSR count). The Morgan fingerprint density at radius 3 is 2.59 bits per heavy atom. The van der Waals surface area contributed by atoms with E-state index < -0.39 is 37.5 Å². The Morgan fingerprint density at radius 1 is 1.24 bits per heavy atom. The van der Waals surface area contributed by atoms with Crippen LogP contribution in [0, 0.1) is 0 Å². The van der Waals surface area contributed by atoms with Gasteiger partial charge in [0.15, 0.2) is 17.8 Å². The fourth-order valence-electron chi connectivity index (χ4n) is 3.35. The number of unbranched alkanes of at least 4 members (excludes halogenated alkanes) is 1. The molecule has 4 atom stereocenters. The zero-order valence-corrected chi connectivity index (χ0v) is 23.6. The summed E-state index contributed by atoms with van der Waals surface area (Å²) in [6.45, 7) is 12.5. The van der Waals surface area contributed by atoms with Crippen molar-refractivity contribution in [3.05, 3.63) is 12.7 Å². The largest absolute Gasteiger partial charge is 0.464 e. The number of imidazole rings is 1. The van der Waals surface area contributed by atoms with Crippen LogP contribution in [-0.4, -0.2) is 73.7 Å². The van der Waals surface area contributed by atoms with E-state index in [1.807, 2.05) is 6.92 Å². The summed E-state index contributed by atoms with van der Waals surface area (Å²) in [5, 5.41) is 13.1. The van der Waals surface area contributed by atoms with E-state index >= 15 is 0 Å². The van der Waals surface area contributed by atoms with Gasteiger partial charge in [-0.2, -0.15) is 0 Å². The molecule has 0 aliphatic carbocycles. The van der Waals surface area contributed by atoms with Gasteiger partial charge in [-0.25, -0.2) is 20.0 Å². The minimum atomic E-state index is -3.87. The first-order chi connectivity index (χ1) is 17.3. The van der Waals surface area contributed by atoms with E-state index in [4.69, 9.17) is 24.5 Å². The average molecular weight is 545 g/mol. The molecule has 4 N–H and O–H groups in total. The van der Waals surface area contributed by atoms with E-state index in [9.17, 15) is 14.5 Å². The molecular formula is C23H41N6O7P. The molecule has 14 heteroatoms. The van der Waals surface area contributed by atoms with Crippen LogP contribution in [0.5, 0.6) is 0 Å². The molecule has 0 aliphatic heterocycles. The number of rotatable bonds is 16. The second-order valence-corrected chi connectivity index (χ2v) is 11.8. The highest BCUT2D eigenvalue weighted by atomic mass is 31.2.